The van der Waals surface area contributed by atoms with Gasteiger partial charge in [-0.3, -0.25) is 9.69 Å². The van der Waals surface area contributed by atoms with Crippen LogP contribution in [0.4, 0.5) is 21.9 Å². The summed E-state index contributed by atoms with van der Waals surface area (Å²) in [5, 5.41) is 6.54. The zero-order valence-electron chi connectivity index (χ0n) is 17.9. The highest BCUT2D eigenvalue weighted by Gasteiger charge is 2.41. The van der Waals surface area contributed by atoms with Gasteiger partial charge in [0.2, 0.25) is 0 Å². The Kier molecular flexibility index (Phi) is 5.27. The van der Waals surface area contributed by atoms with E-state index in [1.165, 1.54) is 0 Å². The minimum Gasteiger partial charge on any atom is -0.467 e. The van der Waals surface area contributed by atoms with Crippen molar-refractivity contribution in [3.8, 4) is 0 Å². The lowest BCUT2D eigenvalue weighted by Gasteiger charge is -2.32. The minimum atomic E-state index is -0.655. The predicted molar refractivity (Wildman–Crippen MR) is 125 cm³/mol. The number of hydrogen-bond acceptors (Lipinski definition) is 4. The molecular weight excluding hydrogens is 402 g/mol. The van der Waals surface area contributed by atoms with Gasteiger partial charge < -0.3 is 15.1 Å². The van der Waals surface area contributed by atoms with Crippen molar-refractivity contribution in [2.75, 3.05) is 15.5 Å². The molecule has 0 fully saturated rings. The number of rotatable bonds is 3. The Morgan fingerprint density at radius 2 is 1.91 bits per heavy atom. The van der Waals surface area contributed by atoms with Crippen molar-refractivity contribution < 1.29 is 14.0 Å². The van der Waals surface area contributed by atoms with Gasteiger partial charge in [0.05, 0.1) is 17.6 Å². The molecule has 5 rings (SSSR count). The zero-order valence-corrected chi connectivity index (χ0v) is 17.9. The normalized spacial score (nSPS) is 17.8. The summed E-state index contributed by atoms with van der Waals surface area (Å²) in [7, 11) is 0. The number of Topliss-reactive ketones (excluding diaryl/α,β-unsaturated/α-hetero) is 1. The summed E-state index contributed by atoms with van der Waals surface area (Å²) in [5.74, 6) is 0.602. The van der Waals surface area contributed by atoms with E-state index in [0.717, 1.165) is 41.9 Å². The number of carbonyl (C=O) groups is 2. The zero-order chi connectivity index (χ0) is 22.1. The molecule has 0 spiro atoms. The standard InChI is InChI=1S/C26H25N3O3/c1-2-17-9-3-4-10-18(17)28-26(31)29-21-13-6-5-11-19(21)27-20-12-7-14-22(30)24(20)25(29)23-15-8-16-32-23/h3-6,8-11,13,15-16,25,27H,2,7,12,14H2,1H3,(H,28,31)/t25-/m1/s1. The first-order chi connectivity index (χ1) is 15.7. The molecule has 1 atom stereocenters. The molecule has 3 aromatic rings. The maximum absolute atomic E-state index is 13.8. The average Bonchev–Trinajstić information content (AvgIpc) is 3.29. The summed E-state index contributed by atoms with van der Waals surface area (Å²) in [4.78, 5) is 28.7. The monoisotopic (exact) mass is 427 g/mol. The van der Waals surface area contributed by atoms with Crippen LogP contribution in [-0.2, 0) is 11.2 Å². The Balaban J connectivity index is 1.67. The fraction of sp³-hybridized carbons (Fsp3) is 0.231. The van der Waals surface area contributed by atoms with Crippen molar-refractivity contribution in [2.24, 2.45) is 0 Å². The Hall–Kier alpha value is -3.80. The van der Waals surface area contributed by atoms with E-state index in [1.54, 1.807) is 17.2 Å². The number of urea groups is 1. The maximum atomic E-state index is 13.8. The van der Waals surface area contributed by atoms with Gasteiger partial charge in [0.15, 0.2) is 5.78 Å². The fourth-order valence-corrected chi connectivity index (χ4v) is 4.60. The lowest BCUT2D eigenvalue weighted by Crippen LogP contribution is -2.40. The first-order valence-electron chi connectivity index (χ1n) is 11.0. The van der Waals surface area contributed by atoms with Crippen molar-refractivity contribution in [1.29, 1.82) is 0 Å². The number of aryl methyl sites for hydroxylation is 1. The van der Waals surface area contributed by atoms with Crippen LogP contribution in [0.1, 0.15) is 43.6 Å². The summed E-state index contributed by atoms with van der Waals surface area (Å²) in [6.07, 6.45) is 4.37. The van der Waals surface area contributed by atoms with Gasteiger partial charge in [0, 0.05) is 23.4 Å². The van der Waals surface area contributed by atoms with Crippen LogP contribution in [0.5, 0.6) is 0 Å². The Morgan fingerprint density at radius 1 is 1.09 bits per heavy atom. The maximum Gasteiger partial charge on any atom is 0.327 e. The summed E-state index contributed by atoms with van der Waals surface area (Å²) < 4.78 is 5.78. The third-order valence-electron chi connectivity index (χ3n) is 6.11. The van der Waals surface area contributed by atoms with E-state index in [1.807, 2.05) is 54.6 Å². The molecule has 2 aromatic carbocycles. The molecule has 2 N–H and O–H groups in total. The van der Waals surface area contributed by atoms with E-state index < -0.39 is 6.04 Å². The van der Waals surface area contributed by atoms with Crippen LogP contribution in [0.15, 0.2) is 82.6 Å². The lowest BCUT2D eigenvalue weighted by molar-refractivity contribution is -0.116. The van der Waals surface area contributed by atoms with Crippen LogP contribution in [0, 0.1) is 0 Å². The van der Waals surface area contributed by atoms with E-state index >= 15 is 0 Å². The number of benzene rings is 2. The second-order valence-corrected chi connectivity index (χ2v) is 8.04. The van der Waals surface area contributed by atoms with Crippen molar-refractivity contribution in [3.63, 3.8) is 0 Å². The molecule has 0 saturated carbocycles. The summed E-state index contributed by atoms with van der Waals surface area (Å²) in [5.41, 5.74) is 4.76. The van der Waals surface area contributed by atoms with Crippen LogP contribution in [0.2, 0.25) is 0 Å². The Bertz CT molecular complexity index is 1200. The van der Waals surface area contributed by atoms with E-state index in [-0.39, 0.29) is 11.8 Å². The molecular formula is C26H25N3O3. The summed E-state index contributed by atoms with van der Waals surface area (Å²) in [6, 6.07) is 18.1. The topological polar surface area (TPSA) is 74.6 Å². The smallest absolute Gasteiger partial charge is 0.327 e. The average molecular weight is 428 g/mol. The molecule has 0 radical (unpaired) electrons. The first kappa shape index (κ1) is 20.1. The van der Waals surface area contributed by atoms with Crippen molar-refractivity contribution in [2.45, 2.75) is 38.6 Å². The van der Waals surface area contributed by atoms with Crippen LogP contribution in [0.3, 0.4) is 0 Å². The van der Waals surface area contributed by atoms with Gasteiger partial charge in [-0.2, -0.15) is 0 Å². The lowest BCUT2D eigenvalue weighted by atomic mass is 9.88. The quantitative estimate of drug-likeness (QED) is 0.533. The molecule has 0 bridgehead atoms. The van der Waals surface area contributed by atoms with Gasteiger partial charge >= 0.3 is 6.03 Å². The number of allylic oxidation sites excluding steroid dienone is 1. The molecule has 6 heteroatoms. The largest absolute Gasteiger partial charge is 0.467 e. The third kappa shape index (κ3) is 3.47. The fourth-order valence-electron chi connectivity index (χ4n) is 4.60. The van der Waals surface area contributed by atoms with Crippen LogP contribution in [-0.4, -0.2) is 11.8 Å². The number of fused-ring (bicyclic) bond motifs is 1. The summed E-state index contributed by atoms with van der Waals surface area (Å²) >= 11 is 0. The molecule has 6 nitrogen and oxygen atoms in total. The van der Waals surface area contributed by atoms with Crippen LogP contribution < -0.4 is 15.5 Å². The van der Waals surface area contributed by atoms with Crippen molar-refractivity contribution >= 4 is 28.9 Å². The molecule has 2 aliphatic rings. The second-order valence-electron chi connectivity index (χ2n) is 8.04. The van der Waals surface area contributed by atoms with E-state index in [9.17, 15) is 9.59 Å². The third-order valence-corrected chi connectivity index (χ3v) is 6.11. The summed E-state index contributed by atoms with van der Waals surface area (Å²) in [6.45, 7) is 2.06. The molecule has 1 aliphatic carbocycles. The van der Waals surface area contributed by atoms with Crippen molar-refractivity contribution in [3.05, 3.63) is 89.5 Å². The molecule has 0 unspecified atom stereocenters. The van der Waals surface area contributed by atoms with Crippen LogP contribution in [0.25, 0.3) is 0 Å². The van der Waals surface area contributed by atoms with Crippen molar-refractivity contribution in [1.82, 2.24) is 0 Å². The number of ketones is 1. The highest BCUT2D eigenvalue weighted by atomic mass is 16.3. The molecule has 32 heavy (non-hydrogen) atoms. The highest BCUT2D eigenvalue weighted by Crippen LogP contribution is 2.45. The van der Waals surface area contributed by atoms with Crippen LogP contribution >= 0.6 is 0 Å². The highest BCUT2D eigenvalue weighted by molar-refractivity contribution is 6.09. The molecule has 0 saturated heterocycles. The van der Waals surface area contributed by atoms with Gasteiger partial charge in [-0.1, -0.05) is 37.3 Å². The van der Waals surface area contributed by atoms with Gasteiger partial charge in [-0.15, -0.1) is 0 Å². The molecule has 2 amide bonds. The molecule has 1 aromatic heterocycles. The number of furan rings is 1. The predicted octanol–water partition coefficient (Wildman–Crippen LogP) is 6.05. The Labute approximate surface area is 186 Å². The number of nitrogens with zero attached hydrogens (tertiary/aromatic N) is 1. The Morgan fingerprint density at radius 3 is 2.72 bits per heavy atom. The number of carbonyl (C=O) groups excluding carboxylic acids is 2. The van der Waals surface area contributed by atoms with Gasteiger partial charge in [0.1, 0.15) is 11.8 Å². The molecule has 1 aliphatic heterocycles. The number of amides is 2. The number of nitrogens with one attached hydrogen (secondary N) is 2. The van der Waals surface area contributed by atoms with Gasteiger partial charge in [0.25, 0.3) is 0 Å². The second kappa shape index (κ2) is 8.38. The van der Waals surface area contributed by atoms with E-state index in [2.05, 4.69) is 17.6 Å². The number of anilines is 3. The molecule has 162 valence electrons. The first-order valence-corrected chi connectivity index (χ1v) is 11.0. The SMILES string of the molecule is CCc1ccccc1NC(=O)N1c2ccccc2NC2=C(C(=O)CCC2)[C@H]1c1ccco1. The van der Waals surface area contributed by atoms with Gasteiger partial charge in [-0.05, 0) is 55.2 Å². The van der Waals surface area contributed by atoms with E-state index in [0.29, 0.717) is 23.4 Å². The minimum absolute atomic E-state index is 0.0414. The van der Waals surface area contributed by atoms with E-state index in [4.69, 9.17) is 4.42 Å². The number of hydrogen-bond donors (Lipinski definition) is 2. The molecule has 2 heterocycles. The number of para-hydroxylation sites is 3. The van der Waals surface area contributed by atoms with Gasteiger partial charge in [-0.25, -0.2) is 4.79 Å².